The Morgan fingerprint density at radius 3 is 2.31 bits per heavy atom. The molecule has 0 aromatic rings. The summed E-state index contributed by atoms with van der Waals surface area (Å²) in [5, 5.41) is 12.0. The quantitative estimate of drug-likeness (QED) is 0.588. The van der Waals surface area contributed by atoms with Gasteiger partial charge in [0.15, 0.2) is 0 Å². The van der Waals surface area contributed by atoms with Crippen molar-refractivity contribution < 1.29 is 9.90 Å². The van der Waals surface area contributed by atoms with E-state index < -0.39 is 5.60 Å². The molecular formula is C8H17ClN2O2. The molecule has 1 aliphatic carbocycles. The molecule has 0 heterocycles. The number of carbonyl (C=O) groups is 1. The number of carbonyl (C=O) groups excluding carboxylic acids is 1. The molecule has 0 bridgehead atoms. The van der Waals surface area contributed by atoms with Gasteiger partial charge in [0.05, 0.1) is 0 Å². The fraction of sp³-hybridized carbons (Fsp3) is 0.875. The summed E-state index contributed by atoms with van der Waals surface area (Å²) in [5.41, 5.74) is 4.26. The lowest BCUT2D eigenvalue weighted by molar-refractivity contribution is -0.137. The van der Waals surface area contributed by atoms with Crippen molar-refractivity contribution in [3.63, 3.8) is 0 Å². The van der Waals surface area contributed by atoms with E-state index in [1.165, 1.54) is 13.8 Å². The Morgan fingerprint density at radius 2 is 2.00 bits per heavy atom. The third-order valence-corrected chi connectivity index (χ3v) is 2.07. The Morgan fingerprint density at radius 1 is 1.54 bits per heavy atom. The van der Waals surface area contributed by atoms with Gasteiger partial charge >= 0.3 is 0 Å². The van der Waals surface area contributed by atoms with Crippen LogP contribution in [0.25, 0.3) is 0 Å². The molecule has 0 radical (unpaired) electrons. The summed E-state index contributed by atoms with van der Waals surface area (Å²) in [5.74, 6) is -0.320. The Hall–Kier alpha value is -0.320. The number of hydrogen-bond donors (Lipinski definition) is 3. The second-order valence-electron chi connectivity index (χ2n) is 3.96. The van der Waals surface area contributed by atoms with E-state index in [9.17, 15) is 9.90 Å². The third kappa shape index (κ3) is 3.50. The summed E-state index contributed by atoms with van der Waals surface area (Å²) in [6.07, 6.45) is 1.64. The van der Waals surface area contributed by atoms with Gasteiger partial charge in [0, 0.05) is 12.1 Å². The Labute approximate surface area is 84.3 Å². The predicted octanol–water partition coefficient (Wildman–Crippen LogP) is -0.215. The minimum atomic E-state index is -1.28. The van der Waals surface area contributed by atoms with Crippen LogP contribution < -0.4 is 11.1 Å². The highest BCUT2D eigenvalue weighted by Gasteiger charge is 2.31. The van der Waals surface area contributed by atoms with Crippen LogP contribution in [0.3, 0.4) is 0 Å². The SMILES string of the molecule is CC(C)(O)C(=O)N[C@H]1C[C@H](N)C1.Cl. The maximum Gasteiger partial charge on any atom is 0.251 e. The second kappa shape index (κ2) is 4.26. The zero-order valence-corrected chi connectivity index (χ0v) is 8.73. The standard InChI is InChI=1S/C8H16N2O2.ClH/c1-8(2,12)7(11)10-6-3-5(9)4-6;/h5-6,12H,3-4,9H2,1-2H3,(H,10,11);1H/t5-,6-;. The van der Waals surface area contributed by atoms with Gasteiger partial charge in [0.2, 0.25) is 0 Å². The summed E-state index contributed by atoms with van der Waals surface area (Å²) >= 11 is 0. The number of nitrogens with two attached hydrogens (primary N) is 1. The van der Waals surface area contributed by atoms with Gasteiger partial charge in [-0.25, -0.2) is 0 Å². The van der Waals surface area contributed by atoms with Crippen LogP contribution in [0.4, 0.5) is 0 Å². The summed E-state index contributed by atoms with van der Waals surface area (Å²) < 4.78 is 0. The molecule has 0 unspecified atom stereocenters. The molecule has 0 aliphatic heterocycles. The van der Waals surface area contributed by atoms with E-state index in [1.807, 2.05) is 0 Å². The molecule has 1 aliphatic rings. The number of rotatable bonds is 2. The van der Waals surface area contributed by atoms with Crippen molar-refractivity contribution in [1.82, 2.24) is 5.32 Å². The number of amides is 1. The van der Waals surface area contributed by atoms with Crippen LogP contribution in [0.5, 0.6) is 0 Å². The van der Waals surface area contributed by atoms with Crippen molar-refractivity contribution in [2.24, 2.45) is 5.73 Å². The second-order valence-corrected chi connectivity index (χ2v) is 3.96. The van der Waals surface area contributed by atoms with Crippen LogP contribution in [-0.4, -0.2) is 28.7 Å². The first-order valence-electron chi connectivity index (χ1n) is 4.18. The maximum absolute atomic E-state index is 11.2. The zero-order valence-electron chi connectivity index (χ0n) is 7.91. The van der Waals surface area contributed by atoms with E-state index in [1.54, 1.807) is 0 Å². The van der Waals surface area contributed by atoms with Gasteiger partial charge in [-0.05, 0) is 26.7 Å². The average Bonchev–Trinajstić information content (AvgIpc) is 1.82. The van der Waals surface area contributed by atoms with Gasteiger partial charge in [-0.3, -0.25) is 4.79 Å². The Kier molecular flexibility index (Phi) is 4.16. The van der Waals surface area contributed by atoms with E-state index >= 15 is 0 Å². The lowest BCUT2D eigenvalue weighted by Gasteiger charge is -2.34. The summed E-state index contributed by atoms with van der Waals surface area (Å²) in [6, 6.07) is 0.385. The van der Waals surface area contributed by atoms with Gasteiger partial charge in [-0.15, -0.1) is 12.4 Å². The molecule has 4 nitrogen and oxygen atoms in total. The molecule has 1 saturated carbocycles. The van der Waals surface area contributed by atoms with E-state index in [0.29, 0.717) is 0 Å². The van der Waals surface area contributed by atoms with Crippen LogP contribution in [0.2, 0.25) is 0 Å². The maximum atomic E-state index is 11.2. The van der Waals surface area contributed by atoms with Gasteiger partial charge in [-0.1, -0.05) is 0 Å². The third-order valence-electron chi connectivity index (χ3n) is 2.07. The van der Waals surface area contributed by atoms with Crippen molar-refractivity contribution in [2.45, 2.75) is 44.4 Å². The van der Waals surface area contributed by atoms with Crippen molar-refractivity contribution in [1.29, 1.82) is 0 Å². The minimum absolute atomic E-state index is 0. The zero-order chi connectivity index (χ0) is 9.35. The van der Waals surface area contributed by atoms with E-state index in [-0.39, 0.29) is 30.4 Å². The van der Waals surface area contributed by atoms with E-state index in [2.05, 4.69) is 5.32 Å². The van der Waals surface area contributed by atoms with Crippen molar-refractivity contribution >= 4 is 18.3 Å². The van der Waals surface area contributed by atoms with Crippen LogP contribution in [0.1, 0.15) is 26.7 Å². The lowest BCUT2D eigenvalue weighted by Crippen LogP contribution is -2.54. The van der Waals surface area contributed by atoms with Crippen LogP contribution >= 0.6 is 12.4 Å². The highest BCUT2D eigenvalue weighted by molar-refractivity contribution is 5.85. The fourth-order valence-electron chi connectivity index (χ4n) is 1.14. The largest absolute Gasteiger partial charge is 0.381 e. The minimum Gasteiger partial charge on any atom is -0.381 e. The average molecular weight is 209 g/mol. The smallest absolute Gasteiger partial charge is 0.251 e. The first kappa shape index (κ1) is 12.7. The first-order valence-corrected chi connectivity index (χ1v) is 4.18. The molecule has 0 atom stereocenters. The van der Waals surface area contributed by atoms with E-state index in [4.69, 9.17) is 5.73 Å². The van der Waals surface area contributed by atoms with Gasteiger partial charge in [-0.2, -0.15) is 0 Å². The van der Waals surface area contributed by atoms with Crippen LogP contribution in [0.15, 0.2) is 0 Å². The first-order chi connectivity index (χ1) is 5.39. The number of nitrogens with one attached hydrogen (secondary N) is 1. The molecule has 1 rings (SSSR count). The highest BCUT2D eigenvalue weighted by atomic mass is 35.5. The lowest BCUT2D eigenvalue weighted by atomic mass is 9.87. The summed E-state index contributed by atoms with van der Waals surface area (Å²) in [4.78, 5) is 11.2. The van der Waals surface area contributed by atoms with Crippen molar-refractivity contribution in [3.05, 3.63) is 0 Å². The number of aliphatic hydroxyl groups is 1. The molecule has 0 spiro atoms. The highest BCUT2D eigenvalue weighted by Crippen LogP contribution is 2.18. The van der Waals surface area contributed by atoms with Crippen LogP contribution in [0, 0.1) is 0 Å². The predicted molar refractivity (Wildman–Crippen MR) is 52.7 cm³/mol. The molecule has 0 aromatic heterocycles. The topological polar surface area (TPSA) is 75.3 Å². The Balaban J connectivity index is 0.00000144. The molecular weight excluding hydrogens is 192 g/mol. The van der Waals surface area contributed by atoms with E-state index in [0.717, 1.165) is 12.8 Å². The number of hydrogen-bond acceptors (Lipinski definition) is 3. The summed E-state index contributed by atoms with van der Waals surface area (Å²) in [6.45, 7) is 2.95. The van der Waals surface area contributed by atoms with Crippen molar-refractivity contribution in [3.8, 4) is 0 Å². The van der Waals surface area contributed by atoms with Crippen molar-refractivity contribution in [2.75, 3.05) is 0 Å². The van der Waals surface area contributed by atoms with Gasteiger partial charge in [0.25, 0.3) is 5.91 Å². The molecule has 1 amide bonds. The van der Waals surface area contributed by atoms with Gasteiger partial charge < -0.3 is 16.2 Å². The molecule has 0 aromatic carbocycles. The molecule has 1 fully saturated rings. The normalized spacial score (nSPS) is 27.1. The molecule has 0 saturated heterocycles. The summed E-state index contributed by atoms with van der Waals surface area (Å²) in [7, 11) is 0. The van der Waals surface area contributed by atoms with Crippen LogP contribution in [-0.2, 0) is 4.79 Å². The Bertz CT molecular complexity index is 185. The fourth-order valence-corrected chi connectivity index (χ4v) is 1.14. The molecule has 5 heteroatoms. The number of halogens is 1. The van der Waals surface area contributed by atoms with Gasteiger partial charge in [0.1, 0.15) is 5.60 Å². The monoisotopic (exact) mass is 208 g/mol. The molecule has 4 N–H and O–H groups in total. The molecule has 13 heavy (non-hydrogen) atoms. The molecule has 78 valence electrons.